The lowest BCUT2D eigenvalue weighted by molar-refractivity contribution is -0.112. The van der Waals surface area contributed by atoms with Crippen LogP contribution in [0.1, 0.15) is 18.9 Å². The van der Waals surface area contributed by atoms with Crippen LogP contribution in [0.4, 0.5) is 10.2 Å². The van der Waals surface area contributed by atoms with Gasteiger partial charge in [0.1, 0.15) is 17.0 Å². The molecule has 1 unspecified atom stereocenters. The molecule has 2 aromatic carbocycles. The molecule has 0 bridgehead atoms. The van der Waals surface area contributed by atoms with E-state index in [2.05, 4.69) is 46.0 Å². The maximum Gasteiger partial charge on any atom is 0.271 e. The van der Waals surface area contributed by atoms with Crippen molar-refractivity contribution >= 4 is 39.4 Å². The van der Waals surface area contributed by atoms with Gasteiger partial charge in [-0.2, -0.15) is 4.37 Å². The quantitative estimate of drug-likeness (QED) is 0.634. The number of rotatable bonds is 5. The molecule has 0 spiro atoms. The number of carbonyl (C=O) groups is 1. The lowest BCUT2D eigenvalue weighted by Crippen LogP contribution is -2.51. The van der Waals surface area contributed by atoms with E-state index in [1.54, 1.807) is 11.5 Å². The summed E-state index contributed by atoms with van der Waals surface area (Å²) in [5.41, 5.74) is 0.923. The minimum Gasteiger partial charge on any atom is -0.353 e. The molecule has 1 aromatic heterocycles. The number of nitrogens with zero attached hydrogens (tertiary/aromatic N) is 4. The molecule has 3 aromatic rings. The predicted octanol–water partition coefficient (Wildman–Crippen LogP) is 2.52. The van der Waals surface area contributed by atoms with Crippen LogP contribution in [0, 0.1) is 5.82 Å². The summed E-state index contributed by atoms with van der Waals surface area (Å²) in [6.07, 6.45) is 3.17. The highest BCUT2D eigenvalue weighted by Crippen LogP contribution is 2.30. The Kier molecular flexibility index (Phi) is 5.08. The van der Waals surface area contributed by atoms with Crippen molar-refractivity contribution in [2.24, 2.45) is 4.99 Å². The maximum absolute atomic E-state index is 14.4. The number of benzene rings is 2. The van der Waals surface area contributed by atoms with Gasteiger partial charge in [0.05, 0.1) is 4.70 Å². The summed E-state index contributed by atoms with van der Waals surface area (Å²) in [6, 6.07) is 12.2. The van der Waals surface area contributed by atoms with Crippen molar-refractivity contribution in [3.63, 3.8) is 0 Å². The molecule has 1 amide bonds. The molecule has 1 saturated heterocycles. The van der Waals surface area contributed by atoms with E-state index in [9.17, 15) is 9.18 Å². The second-order valence-corrected chi connectivity index (χ2v) is 8.71. The summed E-state index contributed by atoms with van der Waals surface area (Å²) in [5.74, 6) is 0.311. The molecular formula is C23H23FN4OS. The number of piperazine rings is 1. The molecular weight excluding hydrogens is 399 g/mol. The van der Waals surface area contributed by atoms with Gasteiger partial charge in [0.25, 0.3) is 5.91 Å². The summed E-state index contributed by atoms with van der Waals surface area (Å²) < 4.78 is 20.3. The van der Waals surface area contributed by atoms with Crippen LogP contribution >= 0.6 is 11.5 Å². The Morgan fingerprint density at radius 2 is 1.97 bits per heavy atom. The third kappa shape index (κ3) is 3.52. The fourth-order valence-electron chi connectivity index (χ4n) is 4.50. The zero-order valence-corrected chi connectivity index (χ0v) is 17.7. The molecule has 3 heterocycles. The van der Waals surface area contributed by atoms with Crippen LogP contribution < -0.4 is 15.5 Å². The van der Waals surface area contributed by atoms with Gasteiger partial charge < -0.3 is 4.90 Å². The molecule has 154 valence electrons. The van der Waals surface area contributed by atoms with Crippen LogP contribution in [0.3, 0.4) is 0 Å². The van der Waals surface area contributed by atoms with Crippen LogP contribution in [0.5, 0.6) is 0 Å². The van der Waals surface area contributed by atoms with E-state index >= 15 is 0 Å². The second-order valence-electron chi connectivity index (χ2n) is 7.90. The fraction of sp³-hybridized carbons (Fsp3) is 0.348. The summed E-state index contributed by atoms with van der Waals surface area (Å²) in [6.45, 7) is 5.96. The normalized spacial score (nSPS) is 17.7. The summed E-state index contributed by atoms with van der Waals surface area (Å²) in [5, 5.41) is 2.01. The lowest BCUT2D eigenvalue weighted by Gasteiger charge is -2.39. The van der Waals surface area contributed by atoms with E-state index in [-0.39, 0.29) is 11.3 Å². The van der Waals surface area contributed by atoms with E-state index < -0.39 is 5.82 Å². The Morgan fingerprint density at radius 1 is 1.17 bits per heavy atom. The molecule has 0 saturated carbocycles. The number of amides is 1. The number of fused-ring (bicyclic) bond motifs is 2. The van der Waals surface area contributed by atoms with E-state index in [1.165, 1.54) is 22.2 Å². The van der Waals surface area contributed by atoms with Gasteiger partial charge in [0.15, 0.2) is 0 Å². The van der Waals surface area contributed by atoms with Gasteiger partial charge in [-0.25, -0.2) is 9.38 Å². The molecule has 2 aliphatic heterocycles. The van der Waals surface area contributed by atoms with Gasteiger partial charge in [-0.1, -0.05) is 19.1 Å². The number of carbonyl (C=O) groups excluding carboxylic acids is 1. The Bertz CT molecular complexity index is 1230. The Labute approximate surface area is 178 Å². The third-order valence-electron chi connectivity index (χ3n) is 6.08. The number of hydrogen-bond acceptors (Lipinski definition) is 5. The van der Waals surface area contributed by atoms with Crippen LogP contribution in [-0.4, -0.2) is 47.4 Å². The van der Waals surface area contributed by atoms with Crippen molar-refractivity contribution < 1.29 is 9.18 Å². The Balaban J connectivity index is 1.29. The average molecular weight is 423 g/mol. The number of aromatic nitrogens is 1. The van der Waals surface area contributed by atoms with E-state index in [0.29, 0.717) is 11.3 Å². The lowest BCUT2D eigenvalue weighted by atomic mass is 10.0. The molecule has 0 aliphatic carbocycles. The standard InChI is InChI=1S/C23H23FN4OS/c1-2-17(12-15-11-16-14-21(29)25-22(16)19(24)13-15)27-7-9-28(10-8-27)23-18-5-3-4-6-20(18)30-26-23/h3-6,11,13-14,17H,2,7-10,12H2,1H3. The second kappa shape index (κ2) is 7.89. The Morgan fingerprint density at radius 3 is 2.77 bits per heavy atom. The molecule has 1 atom stereocenters. The van der Waals surface area contributed by atoms with Crippen molar-refractivity contribution in [2.45, 2.75) is 25.8 Å². The smallest absolute Gasteiger partial charge is 0.271 e. The van der Waals surface area contributed by atoms with Gasteiger partial charge >= 0.3 is 0 Å². The van der Waals surface area contributed by atoms with Gasteiger partial charge in [-0.3, -0.25) is 9.69 Å². The Hall–Kier alpha value is -2.64. The third-order valence-corrected chi connectivity index (χ3v) is 6.90. The zero-order valence-electron chi connectivity index (χ0n) is 16.8. The topological polar surface area (TPSA) is 48.8 Å². The van der Waals surface area contributed by atoms with Crippen LogP contribution in [0.25, 0.3) is 16.2 Å². The van der Waals surface area contributed by atoms with Gasteiger partial charge in [0, 0.05) is 48.9 Å². The first-order valence-corrected chi connectivity index (χ1v) is 11.2. The molecule has 30 heavy (non-hydrogen) atoms. The highest BCUT2D eigenvalue weighted by Gasteiger charge is 2.25. The van der Waals surface area contributed by atoms with Crippen molar-refractivity contribution in [2.75, 3.05) is 31.1 Å². The zero-order chi connectivity index (χ0) is 20.7. The van der Waals surface area contributed by atoms with Gasteiger partial charge in [0.2, 0.25) is 0 Å². The minimum absolute atomic E-state index is 0.181. The minimum atomic E-state index is -0.403. The van der Waals surface area contributed by atoms with Crippen LogP contribution in [0.15, 0.2) is 41.4 Å². The molecule has 2 aliphatic rings. The van der Waals surface area contributed by atoms with E-state index in [0.717, 1.165) is 50.4 Å². The molecule has 0 N–H and O–H groups in total. The summed E-state index contributed by atoms with van der Waals surface area (Å²) >= 11 is 1.56. The number of hydrogen-bond donors (Lipinski definition) is 0. The van der Waals surface area contributed by atoms with Crippen molar-refractivity contribution in [3.8, 4) is 0 Å². The number of halogens is 1. The highest BCUT2D eigenvalue weighted by atomic mass is 32.1. The van der Waals surface area contributed by atoms with Gasteiger partial charge in [-0.05, 0) is 54.2 Å². The largest absolute Gasteiger partial charge is 0.353 e. The van der Waals surface area contributed by atoms with Crippen molar-refractivity contribution in [1.29, 1.82) is 0 Å². The molecule has 5 rings (SSSR count). The van der Waals surface area contributed by atoms with Gasteiger partial charge in [-0.15, -0.1) is 0 Å². The monoisotopic (exact) mass is 422 g/mol. The molecule has 1 fully saturated rings. The van der Waals surface area contributed by atoms with E-state index in [4.69, 9.17) is 4.37 Å². The SMILES string of the molecule is CCC(Cc1cc(F)c2c(c1)=CC(=O)N=2)N1CCN(c2nsc3ccccc23)CC1. The summed E-state index contributed by atoms with van der Waals surface area (Å²) in [4.78, 5) is 20.1. The molecule has 0 radical (unpaired) electrons. The van der Waals surface area contributed by atoms with Crippen LogP contribution in [0.2, 0.25) is 0 Å². The van der Waals surface area contributed by atoms with Crippen molar-refractivity contribution in [1.82, 2.24) is 9.27 Å². The molecule has 7 heteroatoms. The highest BCUT2D eigenvalue weighted by molar-refractivity contribution is 7.13. The first-order valence-electron chi connectivity index (χ1n) is 10.4. The van der Waals surface area contributed by atoms with Crippen LogP contribution in [-0.2, 0) is 11.2 Å². The maximum atomic E-state index is 14.4. The number of anilines is 1. The van der Waals surface area contributed by atoms with Crippen molar-refractivity contribution in [3.05, 3.63) is 58.4 Å². The first kappa shape index (κ1) is 19.3. The fourth-order valence-corrected chi connectivity index (χ4v) is 5.30. The van der Waals surface area contributed by atoms with E-state index in [1.807, 2.05) is 6.07 Å². The predicted molar refractivity (Wildman–Crippen MR) is 118 cm³/mol. The average Bonchev–Trinajstić information content (AvgIpc) is 3.35. The summed E-state index contributed by atoms with van der Waals surface area (Å²) in [7, 11) is 0. The first-order chi connectivity index (χ1) is 14.6. The molecule has 5 nitrogen and oxygen atoms in total.